The highest BCUT2D eigenvalue weighted by Gasteiger charge is 2.25. The maximum absolute atomic E-state index is 9.49. The Hall–Kier alpha value is -1.45. The molecular weight excluding hydrogens is 242 g/mol. The number of para-hydroxylation sites is 2. The molecule has 1 aliphatic rings. The molecule has 3 heteroatoms. The topological polar surface area (TPSA) is 23.5 Å². The van der Waals surface area contributed by atoms with Crippen molar-refractivity contribution in [2.45, 2.75) is 22.8 Å². The smallest absolute Gasteiger partial charge is 0.0636 e. The van der Waals surface area contributed by atoms with Crippen molar-refractivity contribution in [2.75, 3.05) is 11.5 Å². The van der Waals surface area contributed by atoms with Crippen LogP contribution < -0.4 is 4.90 Å². The fourth-order valence-corrected chi connectivity index (χ4v) is 3.36. The van der Waals surface area contributed by atoms with Crippen molar-refractivity contribution in [3.8, 4) is 0 Å². The van der Waals surface area contributed by atoms with Crippen molar-refractivity contribution >= 4 is 23.1 Å². The summed E-state index contributed by atoms with van der Waals surface area (Å²) in [5.74, 6) is 0. The average molecular weight is 257 g/mol. The minimum Gasteiger partial charge on any atom is -0.394 e. The summed E-state index contributed by atoms with van der Waals surface area (Å²) in [4.78, 5) is 4.72. The molecule has 1 N–H and O–H groups in total. The Kier molecular flexibility index (Phi) is 3.02. The molecule has 2 nitrogen and oxygen atoms in total. The van der Waals surface area contributed by atoms with Crippen LogP contribution in [0.15, 0.2) is 58.3 Å². The fraction of sp³-hybridized carbons (Fsp3) is 0.200. The summed E-state index contributed by atoms with van der Waals surface area (Å²) in [5.41, 5.74) is 2.37. The Morgan fingerprint density at radius 2 is 1.50 bits per heavy atom. The van der Waals surface area contributed by atoms with Gasteiger partial charge in [0.2, 0.25) is 0 Å². The van der Waals surface area contributed by atoms with Gasteiger partial charge in [0, 0.05) is 9.79 Å². The standard InChI is InChI=1S/C15H15NOS/c1-11(10-17)16-12-6-2-4-8-14(12)18-15-9-5-3-7-13(15)16/h2-9,11,17H,10H2,1H3. The molecule has 2 aromatic carbocycles. The van der Waals surface area contributed by atoms with Crippen LogP contribution >= 0.6 is 11.8 Å². The molecule has 3 rings (SSSR count). The number of hydrogen-bond donors (Lipinski definition) is 1. The van der Waals surface area contributed by atoms with E-state index in [2.05, 4.69) is 41.3 Å². The first-order valence-electron chi connectivity index (χ1n) is 6.07. The van der Waals surface area contributed by atoms with Gasteiger partial charge in [0.25, 0.3) is 0 Å². The minimum atomic E-state index is 0.0770. The molecule has 0 fully saturated rings. The summed E-state index contributed by atoms with van der Waals surface area (Å²) in [6.07, 6.45) is 0. The van der Waals surface area contributed by atoms with Gasteiger partial charge in [-0.3, -0.25) is 0 Å². The van der Waals surface area contributed by atoms with E-state index >= 15 is 0 Å². The number of rotatable bonds is 2. The number of aliphatic hydroxyl groups excluding tert-OH is 1. The van der Waals surface area contributed by atoms with E-state index in [0.29, 0.717) is 0 Å². The average Bonchev–Trinajstić information content (AvgIpc) is 2.44. The SMILES string of the molecule is CC(CO)N1c2ccccc2Sc2ccccc21. The van der Waals surface area contributed by atoms with Crippen LogP contribution in [-0.4, -0.2) is 17.8 Å². The summed E-state index contributed by atoms with van der Waals surface area (Å²) < 4.78 is 0. The molecule has 92 valence electrons. The second-order valence-electron chi connectivity index (χ2n) is 4.44. The van der Waals surface area contributed by atoms with Crippen LogP contribution in [0.25, 0.3) is 0 Å². The van der Waals surface area contributed by atoms with Gasteiger partial charge in [0.1, 0.15) is 0 Å². The summed E-state index contributed by atoms with van der Waals surface area (Å²) in [6.45, 7) is 2.19. The monoisotopic (exact) mass is 257 g/mol. The number of fused-ring (bicyclic) bond motifs is 2. The minimum absolute atomic E-state index is 0.0770. The zero-order valence-electron chi connectivity index (χ0n) is 10.2. The van der Waals surface area contributed by atoms with Crippen LogP contribution in [0.2, 0.25) is 0 Å². The summed E-state index contributed by atoms with van der Waals surface area (Å²) in [5, 5.41) is 9.49. The Balaban J connectivity index is 2.17. The first-order valence-corrected chi connectivity index (χ1v) is 6.89. The Bertz CT molecular complexity index is 524. The van der Waals surface area contributed by atoms with Crippen molar-refractivity contribution in [3.63, 3.8) is 0 Å². The molecule has 1 atom stereocenters. The van der Waals surface area contributed by atoms with Gasteiger partial charge in [0.05, 0.1) is 24.0 Å². The lowest BCUT2D eigenvalue weighted by Gasteiger charge is -2.36. The molecule has 0 radical (unpaired) electrons. The molecule has 0 amide bonds. The van der Waals surface area contributed by atoms with E-state index in [1.807, 2.05) is 19.1 Å². The van der Waals surface area contributed by atoms with Crippen LogP contribution in [0.3, 0.4) is 0 Å². The van der Waals surface area contributed by atoms with Gasteiger partial charge in [0.15, 0.2) is 0 Å². The zero-order chi connectivity index (χ0) is 12.5. The largest absolute Gasteiger partial charge is 0.394 e. The van der Waals surface area contributed by atoms with Gasteiger partial charge in [-0.1, -0.05) is 36.0 Å². The maximum atomic E-state index is 9.49. The molecule has 0 aliphatic carbocycles. The lowest BCUT2D eigenvalue weighted by atomic mass is 10.1. The number of anilines is 2. The Morgan fingerprint density at radius 1 is 1.00 bits per heavy atom. The van der Waals surface area contributed by atoms with Crippen molar-refractivity contribution in [2.24, 2.45) is 0 Å². The molecule has 0 bridgehead atoms. The lowest BCUT2D eigenvalue weighted by Crippen LogP contribution is -2.33. The Morgan fingerprint density at radius 3 is 2.00 bits per heavy atom. The summed E-state index contributed by atoms with van der Waals surface area (Å²) in [7, 11) is 0. The normalized spacial score (nSPS) is 14.9. The van der Waals surface area contributed by atoms with Crippen LogP contribution in [0.5, 0.6) is 0 Å². The maximum Gasteiger partial charge on any atom is 0.0636 e. The van der Waals surface area contributed by atoms with E-state index in [1.54, 1.807) is 11.8 Å². The third kappa shape index (κ3) is 1.80. The second kappa shape index (κ2) is 4.67. The van der Waals surface area contributed by atoms with Crippen molar-refractivity contribution in [1.82, 2.24) is 0 Å². The zero-order valence-corrected chi connectivity index (χ0v) is 11.0. The van der Waals surface area contributed by atoms with Crippen molar-refractivity contribution in [1.29, 1.82) is 0 Å². The van der Waals surface area contributed by atoms with E-state index in [4.69, 9.17) is 0 Å². The molecule has 0 saturated carbocycles. The van der Waals surface area contributed by atoms with E-state index in [-0.39, 0.29) is 12.6 Å². The molecule has 1 heterocycles. The highest BCUT2D eigenvalue weighted by atomic mass is 32.2. The van der Waals surface area contributed by atoms with E-state index in [0.717, 1.165) is 0 Å². The molecule has 2 aromatic rings. The summed E-state index contributed by atoms with van der Waals surface area (Å²) >= 11 is 1.79. The van der Waals surface area contributed by atoms with E-state index in [1.165, 1.54) is 21.2 Å². The highest BCUT2D eigenvalue weighted by Crippen LogP contribution is 2.48. The van der Waals surface area contributed by atoms with Gasteiger partial charge >= 0.3 is 0 Å². The number of hydrogen-bond acceptors (Lipinski definition) is 3. The van der Waals surface area contributed by atoms with E-state index in [9.17, 15) is 5.11 Å². The number of aliphatic hydroxyl groups is 1. The molecule has 0 spiro atoms. The number of nitrogens with zero attached hydrogens (tertiary/aromatic N) is 1. The third-order valence-corrected chi connectivity index (χ3v) is 4.30. The first-order chi connectivity index (χ1) is 8.81. The predicted molar refractivity (Wildman–Crippen MR) is 75.7 cm³/mol. The summed E-state index contributed by atoms with van der Waals surface area (Å²) in [6, 6.07) is 16.8. The van der Waals surface area contributed by atoms with Crippen LogP contribution in [0.1, 0.15) is 6.92 Å². The third-order valence-electron chi connectivity index (χ3n) is 3.17. The second-order valence-corrected chi connectivity index (χ2v) is 5.52. The van der Waals surface area contributed by atoms with Gasteiger partial charge in [-0.2, -0.15) is 0 Å². The van der Waals surface area contributed by atoms with Crippen LogP contribution in [-0.2, 0) is 0 Å². The van der Waals surface area contributed by atoms with Gasteiger partial charge in [-0.25, -0.2) is 0 Å². The highest BCUT2D eigenvalue weighted by molar-refractivity contribution is 7.99. The molecule has 1 unspecified atom stereocenters. The molecule has 0 saturated heterocycles. The molecule has 1 aliphatic heterocycles. The lowest BCUT2D eigenvalue weighted by molar-refractivity contribution is 0.272. The quantitative estimate of drug-likeness (QED) is 0.888. The fourth-order valence-electron chi connectivity index (χ4n) is 2.29. The van der Waals surface area contributed by atoms with Crippen molar-refractivity contribution < 1.29 is 5.11 Å². The Labute approximate surface area is 111 Å². The molecule has 18 heavy (non-hydrogen) atoms. The molecule has 0 aromatic heterocycles. The van der Waals surface area contributed by atoms with Gasteiger partial charge in [-0.15, -0.1) is 0 Å². The first kappa shape index (κ1) is 11.6. The van der Waals surface area contributed by atoms with Gasteiger partial charge in [-0.05, 0) is 31.2 Å². The van der Waals surface area contributed by atoms with Crippen molar-refractivity contribution in [3.05, 3.63) is 48.5 Å². The van der Waals surface area contributed by atoms with Crippen LogP contribution in [0, 0.1) is 0 Å². The van der Waals surface area contributed by atoms with E-state index < -0.39 is 0 Å². The van der Waals surface area contributed by atoms with Gasteiger partial charge < -0.3 is 10.0 Å². The van der Waals surface area contributed by atoms with Crippen LogP contribution in [0.4, 0.5) is 11.4 Å². The predicted octanol–water partition coefficient (Wildman–Crippen LogP) is 3.67. The molecular formula is C15H15NOS. The number of benzene rings is 2.